The summed E-state index contributed by atoms with van der Waals surface area (Å²) in [6, 6.07) is 0. The molecule has 0 aliphatic heterocycles. The second kappa shape index (κ2) is 7.07. The molecule has 1 saturated carbocycles. The minimum atomic E-state index is -0.605. The average Bonchev–Trinajstić information content (AvgIpc) is 2.46. The molecule has 2 rings (SSSR count). The molecule has 118 valence electrons. The predicted octanol–water partition coefficient (Wildman–Crippen LogP) is 2.82. The van der Waals surface area contributed by atoms with E-state index < -0.39 is 5.60 Å². The van der Waals surface area contributed by atoms with Crippen LogP contribution in [0.2, 0.25) is 0 Å². The van der Waals surface area contributed by atoms with E-state index >= 15 is 0 Å². The summed E-state index contributed by atoms with van der Waals surface area (Å²) in [5.74, 6) is 2.32. The molecule has 2 unspecified atom stereocenters. The number of hydrogen-bond donors (Lipinski definition) is 3. The monoisotopic (exact) mass is 292 g/mol. The van der Waals surface area contributed by atoms with E-state index in [-0.39, 0.29) is 0 Å². The molecule has 0 radical (unpaired) electrons. The van der Waals surface area contributed by atoms with Crippen molar-refractivity contribution in [3.05, 3.63) is 11.9 Å². The molecule has 0 spiro atoms. The molecule has 21 heavy (non-hydrogen) atoms. The minimum absolute atomic E-state index is 0.564. The molecule has 1 fully saturated rings. The fraction of sp³-hybridized carbons (Fsp3) is 0.750. The summed E-state index contributed by atoms with van der Waals surface area (Å²) in [6.45, 7) is 4.93. The second-order valence-electron chi connectivity index (χ2n) is 6.33. The zero-order valence-corrected chi connectivity index (χ0v) is 13.4. The van der Waals surface area contributed by atoms with Crippen LogP contribution < -0.4 is 10.6 Å². The van der Waals surface area contributed by atoms with Gasteiger partial charge in [-0.15, -0.1) is 0 Å². The van der Waals surface area contributed by atoms with Gasteiger partial charge in [0.1, 0.15) is 18.0 Å². The summed E-state index contributed by atoms with van der Waals surface area (Å²) in [4.78, 5) is 8.64. The molecule has 2 atom stereocenters. The Hall–Kier alpha value is -1.36. The highest BCUT2D eigenvalue weighted by molar-refractivity contribution is 5.57. The van der Waals surface area contributed by atoms with Crippen LogP contribution in [-0.4, -0.2) is 34.3 Å². The maximum atomic E-state index is 10.7. The molecule has 5 heteroatoms. The lowest BCUT2D eigenvalue weighted by atomic mass is 9.79. The van der Waals surface area contributed by atoms with E-state index in [1.54, 1.807) is 6.33 Å². The average molecular weight is 292 g/mol. The first-order valence-electron chi connectivity index (χ1n) is 8.06. The Kier molecular flexibility index (Phi) is 5.39. The van der Waals surface area contributed by atoms with Gasteiger partial charge in [-0.1, -0.05) is 33.1 Å². The van der Waals surface area contributed by atoms with Crippen molar-refractivity contribution in [1.29, 1.82) is 0 Å². The van der Waals surface area contributed by atoms with Crippen molar-refractivity contribution >= 4 is 11.6 Å². The first-order valence-corrected chi connectivity index (χ1v) is 8.06. The molecule has 0 amide bonds. The zero-order valence-electron chi connectivity index (χ0n) is 13.4. The standard InChI is InChI=1S/C16H28N4O/c1-4-6-13-14(17-3)19-11-20-15(13)18-10-16(21)8-5-7-12(2)9-16/h11-12,21H,4-10H2,1-3H3,(H2,17,18,19,20). The van der Waals surface area contributed by atoms with E-state index in [2.05, 4.69) is 34.4 Å². The minimum Gasteiger partial charge on any atom is -0.388 e. The fourth-order valence-electron chi connectivity index (χ4n) is 3.31. The third-order valence-corrected chi connectivity index (χ3v) is 4.33. The van der Waals surface area contributed by atoms with Crippen molar-refractivity contribution in [3.8, 4) is 0 Å². The molecule has 0 saturated heterocycles. The van der Waals surface area contributed by atoms with Gasteiger partial charge >= 0.3 is 0 Å². The van der Waals surface area contributed by atoms with Gasteiger partial charge in [0.05, 0.1) is 5.60 Å². The third-order valence-electron chi connectivity index (χ3n) is 4.33. The lowest BCUT2D eigenvalue weighted by Crippen LogP contribution is -2.41. The number of aliphatic hydroxyl groups is 1. The first kappa shape index (κ1) is 16.0. The van der Waals surface area contributed by atoms with Gasteiger partial charge in [-0.25, -0.2) is 9.97 Å². The lowest BCUT2D eigenvalue weighted by Gasteiger charge is -2.36. The van der Waals surface area contributed by atoms with Crippen LogP contribution >= 0.6 is 0 Å². The van der Waals surface area contributed by atoms with Gasteiger partial charge in [-0.3, -0.25) is 0 Å². The van der Waals surface area contributed by atoms with Crippen LogP contribution in [-0.2, 0) is 6.42 Å². The van der Waals surface area contributed by atoms with Crippen LogP contribution in [0.25, 0.3) is 0 Å². The Balaban J connectivity index is 2.08. The largest absolute Gasteiger partial charge is 0.388 e. The van der Waals surface area contributed by atoms with Gasteiger partial charge in [0.15, 0.2) is 0 Å². The SMILES string of the molecule is CCCc1c(NC)ncnc1NCC1(O)CCCC(C)C1. The number of aromatic nitrogens is 2. The van der Waals surface area contributed by atoms with Gasteiger partial charge in [0, 0.05) is 19.2 Å². The topological polar surface area (TPSA) is 70.1 Å². The maximum absolute atomic E-state index is 10.7. The first-order chi connectivity index (χ1) is 10.1. The molecule has 1 aromatic heterocycles. The zero-order chi connectivity index (χ0) is 15.3. The third kappa shape index (κ3) is 4.06. The summed E-state index contributed by atoms with van der Waals surface area (Å²) in [5.41, 5.74) is 0.501. The molecule has 1 aromatic rings. The predicted molar refractivity (Wildman–Crippen MR) is 86.6 cm³/mol. The summed E-state index contributed by atoms with van der Waals surface area (Å²) >= 11 is 0. The number of hydrogen-bond acceptors (Lipinski definition) is 5. The van der Waals surface area contributed by atoms with E-state index in [4.69, 9.17) is 0 Å². The molecule has 1 aliphatic carbocycles. The Morgan fingerprint density at radius 2 is 2.14 bits per heavy atom. The smallest absolute Gasteiger partial charge is 0.134 e. The highest BCUT2D eigenvalue weighted by Gasteiger charge is 2.32. The molecule has 1 aliphatic rings. The van der Waals surface area contributed by atoms with Gasteiger partial charge < -0.3 is 15.7 Å². The van der Waals surface area contributed by atoms with E-state index in [1.165, 1.54) is 6.42 Å². The van der Waals surface area contributed by atoms with E-state index in [0.717, 1.165) is 49.3 Å². The number of anilines is 2. The Bertz CT molecular complexity index is 466. The molecule has 0 bridgehead atoms. The summed E-state index contributed by atoms with van der Waals surface area (Å²) in [5, 5.41) is 17.2. The van der Waals surface area contributed by atoms with Crippen LogP contribution in [0.15, 0.2) is 6.33 Å². The number of nitrogens with one attached hydrogen (secondary N) is 2. The Labute approximate surface area is 127 Å². The Morgan fingerprint density at radius 1 is 1.38 bits per heavy atom. The van der Waals surface area contributed by atoms with Gasteiger partial charge in [-0.05, 0) is 25.2 Å². The van der Waals surface area contributed by atoms with Crippen molar-refractivity contribution in [2.45, 2.75) is 58.0 Å². The van der Waals surface area contributed by atoms with Gasteiger partial charge in [-0.2, -0.15) is 0 Å². The quantitative estimate of drug-likeness (QED) is 0.752. The summed E-state index contributed by atoms with van der Waals surface area (Å²) in [7, 11) is 1.88. The number of nitrogens with zero attached hydrogens (tertiary/aromatic N) is 2. The fourth-order valence-corrected chi connectivity index (χ4v) is 3.31. The molecule has 5 nitrogen and oxygen atoms in total. The second-order valence-corrected chi connectivity index (χ2v) is 6.33. The van der Waals surface area contributed by atoms with Crippen molar-refractivity contribution in [1.82, 2.24) is 9.97 Å². The summed E-state index contributed by atoms with van der Waals surface area (Å²) < 4.78 is 0. The summed E-state index contributed by atoms with van der Waals surface area (Å²) in [6.07, 6.45) is 7.60. The van der Waals surface area contributed by atoms with E-state index in [0.29, 0.717) is 12.5 Å². The molecular weight excluding hydrogens is 264 g/mol. The van der Waals surface area contributed by atoms with E-state index in [9.17, 15) is 5.11 Å². The van der Waals surface area contributed by atoms with E-state index in [1.807, 2.05) is 7.05 Å². The van der Waals surface area contributed by atoms with Gasteiger partial charge in [0.25, 0.3) is 0 Å². The van der Waals surface area contributed by atoms with Crippen LogP contribution in [0.1, 0.15) is 51.5 Å². The molecule has 0 aromatic carbocycles. The van der Waals surface area contributed by atoms with Crippen molar-refractivity contribution in [2.24, 2.45) is 5.92 Å². The van der Waals surface area contributed by atoms with Crippen LogP contribution in [0, 0.1) is 5.92 Å². The lowest BCUT2D eigenvalue weighted by molar-refractivity contribution is -0.000839. The molecule has 3 N–H and O–H groups in total. The van der Waals surface area contributed by atoms with Gasteiger partial charge in [0.2, 0.25) is 0 Å². The Morgan fingerprint density at radius 3 is 2.81 bits per heavy atom. The van der Waals surface area contributed by atoms with Crippen molar-refractivity contribution in [2.75, 3.05) is 24.2 Å². The van der Waals surface area contributed by atoms with Crippen LogP contribution in [0.4, 0.5) is 11.6 Å². The van der Waals surface area contributed by atoms with Crippen molar-refractivity contribution in [3.63, 3.8) is 0 Å². The molecule has 1 heterocycles. The normalized spacial score (nSPS) is 25.6. The highest BCUT2D eigenvalue weighted by atomic mass is 16.3. The maximum Gasteiger partial charge on any atom is 0.134 e. The highest BCUT2D eigenvalue weighted by Crippen LogP contribution is 2.32. The van der Waals surface area contributed by atoms with Crippen molar-refractivity contribution < 1.29 is 5.11 Å². The van der Waals surface area contributed by atoms with Crippen LogP contribution in [0.3, 0.4) is 0 Å². The van der Waals surface area contributed by atoms with Crippen LogP contribution in [0.5, 0.6) is 0 Å². The number of rotatable bonds is 6. The molecular formula is C16H28N4O.